The van der Waals surface area contributed by atoms with Gasteiger partial charge in [-0.25, -0.2) is 0 Å². The van der Waals surface area contributed by atoms with E-state index in [1.54, 1.807) is 13.2 Å². The summed E-state index contributed by atoms with van der Waals surface area (Å²) in [5.74, 6) is 0.860. The van der Waals surface area contributed by atoms with Gasteiger partial charge in [0.2, 0.25) is 5.91 Å². The van der Waals surface area contributed by atoms with Crippen molar-refractivity contribution in [2.75, 3.05) is 40.3 Å². The topological polar surface area (TPSA) is 32.8 Å². The Morgan fingerprint density at radius 1 is 1.20 bits per heavy atom. The standard InChI is InChI=1S/C16H22N2O2/c1-17-10-5-11-18(13-12-17)16(19)9-8-14-6-3-4-7-15(14)20-2/h3-4,6-9H,5,10-13H2,1-2H3/b9-8+. The zero-order chi connectivity index (χ0) is 14.4. The molecule has 4 nitrogen and oxygen atoms in total. The summed E-state index contributed by atoms with van der Waals surface area (Å²) in [6, 6.07) is 7.69. The zero-order valence-corrected chi connectivity index (χ0v) is 12.2. The molecule has 0 bridgehead atoms. The van der Waals surface area contributed by atoms with Crippen LogP contribution in [0.1, 0.15) is 12.0 Å². The smallest absolute Gasteiger partial charge is 0.246 e. The molecular formula is C16H22N2O2. The molecule has 4 heteroatoms. The molecule has 20 heavy (non-hydrogen) atoms. The lowest BCUT2D eigenvalue weighted by molar-refractivity contribution is -0.125. The molecule has 1 aliphatic heterocycles. The maximum atomic E-state index is 12.2. The van der Waals surface area contributed by atoms with Gasteiger partial charge in [-0.05, 0) is 32.2 Å². The Kier molecular flexibility index (Phi) is 5.18. The number of nitrogens with zero attached hydrogens (tertiary/aromatic N) is 2. The molecule has 0 aliphatic carbocycles. The predicted molar refractivity (Wildman–Crippen MR) is 80.7 cm³/mol. The molecule has 0 saturated carbocycles. The Balaban J connectivity index is 2.01. The van der Waals surface area contributed by atoms with Crippen molar-refractivity contribution in [3.05, 3.63) is 35.9 Å². The number of ether oxygens (including phenoxy) is 1. The fourth-order valence-electron chi connectivity index (χ4n) is 2.34. The molecule has 108 valence electrons. The molecule has 1 aromatic rings. The van der Waals surface area contributed by atoms with Crippen molar-refractivity contribution in [1.82, 2.24) is 9.80 Å². The summed E-state index contributed by atoms with van der Waals surface area (Å²) in [6.07, 6.45) is 4.50. The molecule has 1 amide bonds. The number of likely N-dealkylation sites (N-methyl/N-ethyl adjacent to an activating group) is 1. The number of hydrogen-bond acceptors (Lipinski definition) is 3. The maximum Gasteiger partial charge on any atom is 0.246 e. The Morgan fingerprint density at radius 2 is 2.00 bits per heavy atom. The molecule has 0 spiro atoms. The van der Waals surface area contributed by atoms with E-state index in [2.05, 4.69) is 11.9 Å². The van der Waals surface area contributed by atoms with Crippen LogP contribution in [0.4, 0.5) is 0 Å². The average molecular weight is 274 g/mol. The summed E-state index contributed by atoms with van der Waals surface area (Å²) >= 11 is 0. The van der Waals surface area contributed by atoms with E-state index in [4.69, 9.17) is 4.74 Å². The van der Waals surface area contributed by atoms with Gasteiger partial charge in [0, 0.05) is 31.3 Å². The van der Waals surface area contributed by atoms with Crippen molar-refractivity contribution >= 4 is 12.0 Å². The number of amides is 1. The average Bonchev–Trinajstić information content (AvgIpc) is 2.70. The number of benzene rings is 1. The van der Waals surface area contributed by atoms with Gasteiger partial charge < -0.3 is 14.5 Å². The van der Waals surface area contributed by atoms with Crippen LogP contribution in [0.3, 0.4) is 0 Å². The number of methoxy groups -OCH3 is 1. The summed E-state index contributed by atoms with van der Waals surface area (Å²) in [5.41, 5.74) is 0.926. The second kappa shape index (κ2) is 7.10. The monoisotopic (exact) mass is 274 g/mol. The third kappa shape index (κ3) is 3.84. The normalized spacial score (nSPS) is 17.2. The van der Waals surface area contributed by atoms with Gasteiger partial charge in [-0.15, -0.1) is 0 Å². The lowest BCUT2D eigenvalue weighted by Gasteiger charge is -2.18. The lowest BCUT2D eigenvalue weighted by atomic mass is 10.2. The Labute approximate surface area is 120 Å². The van der Waals surface area contributed by atoms with Crippen LogP contribution in [0.2, 0.25) is 0 Å². The van der Waals surface area contributed by atoms with Crippen LogP contribution in [0.25, 0.3) is 6.08 Å². The van der Waals surface area contributed by atoms with Crippen LogP contribution in [0.5, 0.6) is 5.75 Å². The first kappa shape index (κ1) is 14.6. The predicted octanol–water partition coefficient (Wildman–Crippen LogP) is 1.87. The van der Waals surface area contributed by atoms with E-state index < -0.39 is 0 Å². The van der Waals surface area contributed by atoms with Crippen LogP contribution < -0.4 is 4.74 Å². The largest absolute Gasteiger partial charge is 0.496 e. The lowest BCUT2D eigenvalue weighted by Crippen LogP contribution is -2.33. The molecule has 0 unspecified atom stereocenters. The van der Waals surface area contributed by atoms with Gasteiger partial charge in [-0.3, -0.25) is 4.79 Å². The van der Waals surface area contributed by atoms with Gasteiger partial charge in [0.1, 0.15) is 5.75 Å². The first-order valence-corrected chi connectivity index (χ1v) is 6.99. The quantitative estimate of drug-likeness (QED) is 0.789. The van der Waals surface area contributed by atoms with Crippen molar-refractivity contribution in [3.8, 4) is 5.75 Å². The highest BCUT2D eigenvalue weighted by atomic mass is 16.5. The highest BCUT2D eigenvalue weighted by Crippen LogP contribution is 2.18. The summed E-state index contributed by atoms with van der Waals surface area (Å²) in [5, 5.41) is 0. The highest BCUT2D eigenvalue weighted by molar-refractivity contribution is 5.92. The Morgan fingerprint density at radius 3 is 2.80 bits per heavy atom. The first-order chi connectivity index (χ1) is 9.70. The first-order valence-electron chi connectivity index (χ1n) is 6.99. The van der Waals surface area contributed by atoms with Crippen LogP contribution in [-0.4, -0.2) is 56.0 Å². The molecule has 1 fully saturated rings. The number of carbonyl (C=O) groups excluding carboxylic acids is 1. The minimum Gasteiger partial charge on any atom is -0.496 e. The van der Waals surface area contributed by atoms with Crippen molar-refractivity contribution in [3.63, 3.8) is 0 Å². The molecule has 2 rings (SSSR count). The van der Waals surface area contributed by atoms with Crippen LogP contribution in [-0.2, 0) is 4.79 Å². The highest BCUT2D eigenvalue weighted by Gasteiger charge is 2.15. The molecule has 0 aromatic heterocycles. The fourth-order valence-corrected chi connectivity index (χ4v) is 2.34. The van der Waals surface area contributed by atoms with E-state index in [0.717, 1.165) is 43.9 Å². The van der Waals surface area contributed by atoms with E-state index in [-0.39, 0.29) is 5.91 Å². The molecule has 0 N–H and O–H groups in total. The zero-order valence-electron chi connectivity index (χ0n) is 12.2. The summed E-state index contributed by atoms with van der Waals surface area (Å²) < 4.78 is 5.27. The molecular weight excluding hydrogens is 252 g/mol. The van der Waals surface area contributed by atoms with Gasteiger partial charge in [-0.1, -0.05) is 18.2 Å². The van der Waals surface area contributed by atoms with Crippen molar-refractivity contribution in [2.45, 2.75) is 6.42 Å². The van der Waals surface area contributed by atoms with E-state index >= 15 is 0 Å². The molecule has 1 aliphatic rings. The number of rotatable bonds is 3. The van der Waals surface area contributed by atoms with E-state index in [1.807, 2.05) is 35.2 Å². The van der Waals surface area contributed by atoms with Crippen molar-refractivity contribution < 1.29 is 9.53 Å². The number of hydrogen-bond donors (Lipinski definition) is 0. The molecule has 1 saturated heterocycles. The van der Waals surface area contributed by atoms with E-state index in [9.17, 15) is 4.79 Å². The van der Waals surface area contributed by atoms with Crippen LogP contribution in [0, 0.1) is 0 Å². The van der Waals surface area contributed by atoms with Gasteiger partial charge in [0.15, 0.2) is 0 Å². The maximum absolute atomic E-state index is 12.2. The Bertz CT molecular complexity index is 485. The van der Waals surface area contributed by atoms with E-state index in [0.29, 0.717) is 0 Å². The summed E-state index contributed by atoms with van der Waals surface area (Å²) in [7, 11) is 3.73. The molecule has 0 radical (unpaired) electrons. The minimum absolute atomic E-state index is 0.0752. The van der Waals surface area contributed by atoms with Crippen LogP contribution >= 0.6 is 0 Å². The molecule has 1 heterocycles. The third-order valence-electron chi connectivity index (χ3n) is 3.58. The fraction of sp³-hybridized carbons (Fsp3) is 0.438. The summed E-state index contributed by atoms with van der Waals surface area (Å²) in [4.78, 5) is 16.4. The van der Waals surface area contributed by atoms with E-state index in [1.165, 1.54) is 0 Å². The number of carbonyl (C=O) groups is 1. The third-order valence-corrected chi connectivity index (χ3v) is 3.58. The second-order valence-corrected chi connectivity index (χ2v) is 5.06. The van der Waals surface area contributed by atoms with Crippen molar-refractivity contribution in [1.29, 1.82) is 0 Å². The second-order valence-electron chi connectivity index (χ2n) is 5.06. The molecule has 1 aromatic carbocycles. The van der Waals surface area contributed by atoms with Gasteiger partial charge in [0.05, 0.1) is 7.11 Å². The Hall–Kier alpha value is -1.81. The SMILES string of the molecule is COc1ccccc1/C=C/C(=O)N1CCCN(C)CC1. The van der Waals surface area contributed by atoms with Gasteiger partial charge >= 0.3 is 0 Å². The van der Waals surface area contributed by atoms with Crippen LogP contribution in [0.15, 0.2) is 30.3 Å². The minimum atomic E-state index is 0.0752. The van der Waals surface area contributed by atoms with Gasteiger partial charge in [0.25, 0.3) is 0 Å². The molecule has 0 atom stereocenters. The van der Waals surface area contributed by atoms with Gasteiger partial charge in [-0.2, -0.15) is 0 Å². The van der Waals surface area contributed by atoms with Crippen molar-refractivity contribution in [2.24, 2.45) is 0 Å². The number of para-hydroxylation sites is 1. The summed E-state index contributed by atoms with van der Waals surface area (Å²) in [6.45, 7) is 3.62.